The zero-order chi connectivity index (χ0) is 13.4. The van der Waals surface area contributed by atoms with Gasteiger partial charge in [-0.25, -0.2) is 0 Å². The molecule has 4 heteroatoms. The molecule has 0 aromatic carbocycles. The average molecular weight is 251 g/mol. The first kappa shape index (κ1) is 14.7. The van der Waals surface area contributed by atoms with E-state index in [4.69, 9.17) is 0 Å². The smallest absolute Gasteiger partial charge is 0.223 e. The number of nitrogens with one attached hydrogen (secondary N) is 1. The topological polar surface area (TPSA) is 46.9 Å². The summed E-state index contributed by atoms with van der Waals surface area (Å²) >= 11 is 0. The molecule has 4 nitrogen and oxygen atoms in total. The van der Waals surface area contributed by atoms with Crippen LogP contribution >= 0.6 is 0 Å². The summed E-state index contributed by atoms with van der Waals surface area (Å²) in [6.07, 6.45) is 7.98. The Kier molecular flexibility index (Phi) is 6.47. The summed E-state index contributed by atoms with van der Waals surface area (Å²) in [5.41, 5.74) is 1.07. The third-order valence-electron chi connectivity index (χ3n) is 3.25. The van der Waals surface area contributed by atoms with Crippen LogP contribution in [0.25, 0.3) is 0 Å². The quantitative estimate of drug-likeness (QED) is 0.772. The molecule has 0 spiro atoms. The number of hydrogen-bond donors (Lipinski definition) is 1. The van der Waals surface area contributed by atoms with E-state index in [0.717, 1.165) is 37.8 Å². The van der Waals surface area contributed by atoms with E-state index in [1.54, 1.807) is 0 Å². The minimum absolute atomic E-state index is 0.158. The van der Waals surface area contributed by atoms with Crippen molar-refractivity contribution in [2.75, 3.05) is 0 Å². The molecule has 0 bridgehead atoms. The van der Waals surface area contributed by atoms with E-state index in [-0.39, 0.29) is 11.8 Å². The van der Waals surface area contributed by atoms with Gasteiger partial charge in [0.25, 0.3) is 0 Å². The Morgan fingerprint density at radius 1 is 1.44 bits per heavy atom. The molecule has 1 atom stereocenters. The Bertz CT molecular complexity index is 360. The summed E-state index contributed by atoms with van der Waals surface area (Å²) in [6, 6.07) is 0. The second kappa shape index (κ2) is 7.90. The van der Waals surface area contributed by atoms with Gasteiger partial charge in [-0.15, -0.1) is 0 Å². The van der Waals surface area contributed by atoms with Crippen LogP contribution in [-0.4, -0.2) is 15.7 Å². The summed E-state index contributed by atoms with van der Waals surface area (Å²) < 4.78 is 1.87. The second-order valence-corrected chi connectivity index (χ2v) is 4.67. The lowest BCUT2D eigenvalue weighted by Crippen LogP contribution is -2.29. The van der Waals surface area contributed by atoms with Crippen molar-refractivity contribution in [1.82, 2.24) is 15.1 Å². The summed E-state index contributed by atoms with van der Waals surface area (Å²) in [5.74, 6) is 0.335. The monoisotopic (exact) mass is 251 g/mol. The van der Waals surface area contributed by atoms with Gasteiger partial charge in [-0.1, -0.05) is 26.7 Å². The van der Waals surface area contributed by atoms with Crippen LogP contribution in [0.15, 0.2) is 12.4 Å². The molecule has 18 heavy (non-hydrogen) atoms. The number of hydrogen-bond acceptors (Lipinski definition) is 2. The van der Waals surface area contributed by atoms with Gasteiger partial charge in [-0.3, -0.25) is 9.48 Å². The summed E-state index contributed by atoms with van der Waals surface area (Å²) in [4.78, 5) is 12.0. The van der Waals surface area contributed by atoms with Gasteiger partial charge >= 0.3 is 0 Å². The van der Waals surface area contributed by atoms with Crippen LogP contribution in [0.4, 0.5) is 0 Å². The number of nitrogens with zero attached hydrogens (tertiary/aromatic N) is 2. The molecule has 1 aromatic rings. The molecule has 1 N–H and O–H groups in total. The fourth-order valence-corrected chi connectivity index (χ4v) is 1.98. The minimum atomic E-state index is 0.158. The summed E-state index contributed by atoms with van der Waals surface area (Å²) in [6.45, 7) is 7.73. The number of aromatic nitrogens is 2. The zero-order valence-electron chi connectivity index (χ0n) is 11.8. The van der Waals surface area contributed by atoms with Crippen molar-refractivity contribution in [3.63, 3.8) is 0 Å². The molecule has 1 heterocycles. The molecule has 0 radical (unpaired) electrons. The van der Waals surface area contributed by atoms with Gasteiger partial charge in [-0.05, 0) is 19.8 Å². The molecule has 1 amide bonds. The third-order valence-corrected chi connectivity index (χ3v) is 3.25. The highest BCUT2D eigenvalue weighted by Crippen LogP contribution is 2.12. The Hall–Kier alpha value is -1.32. The number of aryl methyl sites for hydroxylation is 1. The number of amides is 1. The molecule has 0 aliphatic heterocycles. The van der Waals surface area contributed by atoms with Crippen LogP contribution in [0.1, 0.15) is 52.0 Å². The van der Waals surface area contributed by atoms with E-state index >= 15 is 0 Å². The van der Waals surface area contributed by atoms with Crippen LogP contribution in [0.2, 0.25) is 0 Å². The van der Waals surface area contributed by atoms with Gasteiger partial charge < -0.3 is 5.32 Å². The number of unbranched alkanes of at least 4 members (excludes halogenated alkanes) is 1. The van der Waals surface area contributed by atoms with E-state index in [2.05, 4.69) is 24.3 Å². The molecule has 0 unspecified atom stereocenters. The van der Waals surface area contributed by atoms with Gasteiger partial charge in [0, 0.05) is 30.8 Å². The van der Waals surface area contributed by atoms with Crippen molar-refractivity contribution in [2.45, 2.75) is 59.5 Å². The van der Waals surface area contributed by atoms with Crippen LogP contribution in [-0.2, 0) is 17.9 Å². The first-order chi connectivity index (χ1) is 8.71. The fraction of sp³-hybridized carbons (Fsp3) is 0.714. The predicted octanol–water partition coefficient (Wildman–Crippen LogP) is 2.74. The van der Waals surface area contributed by atoms with Crippen LogP contribution in [0.5, 0.6) is 0 Å². The van der Waals surface area contributed by atoms with Crippen molar-refractivity contribution in [3.8, 4) is 0 Å². The first-order valence-corrected chi connectivity index (χ1v) is 7.00. The molecule has 0 aliphatic rings. The molecule has 0 saturated heterocycles. The largest absolute Gasteiger partial charge is 0.352 e. The lowest BCUT2D eigenvalue weighted by Gasteiger charge is -2.13. The second-order valence-electron chi connectivity index (χ2n) is 4.67. The van der Waals surface area contributed by atoms with E-state index in [9.17, 15) is 4.79 Å². The molecule has 1 rings (SSSR count). The predicted molar refractivity (Wildman–Crippen MR) is 73.1 cm³/mol. The van der Waals surface area contributed by atoms with Gasteiger partial charge in [0.05, 0.1) is 6.20 Å². The van der Waals surface area contributed by atoms with Crippen LogP contribution in [0, 0.1) is 5.92 Å². The van der Waals surface area contributed by atoms with Crippen molar-refractivity contribution < 1.29 is 4.79 Å². The van der Waals surface area contributed by atoms with E-state index < -0.39 is 0 Å². The number of carbonyl (C=O) groups is 1. The number of rotatable bonds is 8. The summed E-state index contributed by atoms with van der Waals surface area (Å²) in [7, 11) is 0. The SMILES string of the molecule is CCCC[C@@H](CC)C(=O)NCc1cnn(CC)c1. The van der Waals surface area contributed by atoms with Crippen molar-refractivity contribution in [1.29, 1.82) is 0 Å². The molecule has 102 valence electrons. The van der Waals surface area contributed by atoms with E-state index in [0.29, 0.717) is 6.54 Å². The van der Waals surface area contributed by atoms with Gasteiger partial charge in [0.15, 0.2) is 0 Å². The maximum absolute atomic E-state index is 12.0. The Labute approximate surface area is 110 Å². The molecular weight excluding hydrogens is 226 g/mol. The third kappa shape index (κ3) is 4.51. The molecule has 1 aromatic heterocycles. The Morgan fingerprint density at radius 2 is 2.22 bits per heavy atom. The minimum Gasteiger partial charge on any atom is -0.352 e. The maximum atomic E-state index is 12.0. The fourth-order valence-electron chi connectivity index (χ4n) is 1.98. The number of carbonyl (C=O) groups excluding carboxylic acids is 1. The van der Waals surface area contributed by atoms with E-state index in [1.807, 2.05) is 24.0 Å². The average Bonchev–Trinajstić information content (AvgIpc) is 2.85. The van der Waals surface area contributed by atoms with Gasteiger partial charge in [0.2, 0.25) is 5.91 Å². The highest BCUT2D eigenvalue weighted by Gasteiger charge is 2.15. The maximum Gasteiger partial charge on any atom is 0.223 e. The zero-order valence-corrected chi connectivity index (χ0v) is 11.8. The van der Waals surface area contributed by atoms with Crippen molar-refractivity contribution in [2.24, 2.45) is 5.92 Å². The highest BCUT2D eigenvalue weighted by atomic mass is 16.1. The molecular formula is C14H25N3O. The molecule has 0 saturated carbocycles. The van der Waals surface area contributed by atoms with Crippen LogP contribution < -0.4 is 5.32 Å². The Morgan fingerprint density at radius 3 is 2.78 bits per heavy atom. The first-order valence-electron chi connectivity index (χ1n) is 7.00. The van der Waals surface area contributed by atoms with Gasteiger partial charge in [-0.2, -0.15) is 5.10 Å². The van der Waals surface area contributed by atoms with E-state index in [1.165, 1.54) is 0 Å². The van der Waals surface area contributed by atoms with Crippen molar-refractivity contribution >= 4 is 5.91 Å². The van der Waals surface area contributed by atoms with Crippen LogP contribution in [0.3, 0.4) is 0 Å². The summed E-state index contributed by atoms with van der Waals surface area (Å²) in [5, 5.41) is 7.20. The molecule has 0 aliphatic carbocycles. The highest BCUT2D eigenvalue weighted by molar-refractivity contribution is 5.78. The lowest BCUT2D eigenvalue weighted by atomic mass is 9.98. The normalized spacial score (nSPS) is 12.4. The Balaban J connectivity index is 2.38. The lowest BCUT2D eigenvalue weighted by molar-refractivity contribution is -0.125. The van der Waals surface area contributed by atoms with Crippen molar-refractivity contribution in [3.05, 3.63) is 18.0 Å². The van der Waals surface area contributed by atoms with Gasteiger partial charge in [0.1, 0.15) is 0 Å². The molecule has 0 fully saturated rings. The standard InChI is InChI=1S/C14H25N3O/c1-4-7-8-13(5-2)14(18)15-9-12-10-16-17(6-3)11-12/h10-11,13H,4-9H2,1-3H3,(H,15,18)/t13-/m1/s1.